The predicted octanol–water partition coefficient (Wildman–Crippen LogP) is 3.62. The molecule has 0 amide bonds. The minimum atomic E-state index is 0.238. The molecule has 0 saturated heterocycles. The maximum atomic E-state index is 8.82. The van der Waals surface area contributed by atoms with E-state index in [0.29, 0.717) is 0 Å². The predicted molar refractivity (Wildman–Crippen MR) is 69.1 cm³/mol. The summed E-state index contributed by atoms with van der Waals surface area (Å²) in [7, 11) is 0. The number of benzene rings is 1. The third kappa shape index (κ3) is 2.27. The summed E-state index contributed by atoms with van der Waals surface area (Å²) in [4.78, 5) is 3.24. The minimum Gasteiger partial charge on any atom is -0.396 e. The summed E-state index contributed by atoms with van der Waals surface area (Å²) in [5.74, 6) is 0. The van der Waals surface area contributed by atoms with Crippen LogP contribution in [0.1, 0.15) is 12.0 Å². The molecule has 2 rings (SSSR count). The van der Waals surface area contributed by atoms with Crippen molar-refractivity contribution >= 4 is 42.8 Å². The highest BCUT2D eigenvalue weighted by Crippen LogP contribution is 2.30. The third-order valence-corrected chi connectivity index (χ3v) is 3.48. The Morgan fingerprint density at radius 2 is 2.07 bits per heavy atom. The molecule has 2 N–H and O–H groups in total. The lowest BCUT2D eigenvalue weighted by molar-refractivity contribution is 0.289. The Balaban J connectivity index is 2.49. The van der Waals surface area contributed by atoms with Gasteiger partial charge in [-0.1, -0.05) is 15.9 Å². The molecule has 0 aliphatic rings. The summed E-state index contributed by atoms with van der Waals surface area (Å²) < 4.78 is 2.12. The Bertz CT molecular complexity index is 479. The van der Waals surface area contributed by atoms with E-state index in [1.54, 1.807) is 0 Å². The van der Waals surface area contributed by atoms with Crippen LogP contribution < -0.4 is 0 Å². The van der Waals surface area contributed by atoms with Crippen LogP contribution in [0.2, 0.25) is 0 Å². The van der Waals surface area contributed by atoms with Crippen molar-refractivity contribution in [3.63, 3.8) is 0 Å². The second-order valence-electron chi connectivity index (χ2n) is 3.45. The lowest BCUT2D eigenvalue weighted by atomic mass is 10.1. The number of nitrogens with one attached hydrogen (secondary N) is 1. The van der Waals surface area contributed by atoms with Crippen molar-refractivity contribution in [1.29, 1.82) is 0 Å². The van der Waals surface area contributed by atoms with Crippen LogP contribution in [0.4, 0.5) is 0 Å². The van der Waals surface area contributed by atoms with Crippen molar-refractivity contribution in [1.82, 2.24) is 4.98 Å². The molecule has 2 aromatic rings. The highest BCUT2D eigenvalue weighted by Gasteiger charge is 2.07. The van der Waals surface area contributed by atoms with Gasteiger partial charge in [-0.3, -0.25) is 0 Å². The second-order valence-corrected chi connectivity index (χ2v) is 5.22. The average molecular weight is 333 g/mol. The van der Waals surface area contributed by atoms with Crippen molar-refractivity contribution < 1.29 is 5.11 Å². The summed E-state index contributed by atoms with van der Waals surface area (Å²) in [6.45, 7) is 0.238. The van der Waals surface area contributed by atoms with Crippen LogP contribution in [0.25, 0.3) is 10.9 Å². The van der Waals surface area contributed by atoms with Gasteiger partial charge in [0.25, 0.3) is 0 Å². The van der Waals surface area contributed by atoms with Crippen molar-refractivity contribution in [2.45, 2.75) is 12.8 Å². The van der Waals surface area contributed by atoms with Crippen LogP contribution in [0.5, 0.6) is 0 Å². The SMILES string of the molecule is OCCCc1c[nH]c2c(Br)cc(Br)cc12. The Kier molecular flexibility index (Phi) is 3.49. The van der Waals surface area contributed by atoms with E-state index in [-0.39, 0.29) is 6.61 Å². The lowest BCUT2D eigenvalue weighted by Crippen LogP contribution is -1.87. The number of fused-ring (bicyclic) bond motifs is 1. The molecular formula is C11H11Br2NO. The summed E-state index contributed by atoms with van der Waals surface area (Å²) >= 11 is 7.00. The van der Waals surface area contributed by atoms with E-state index in [4.69, 9.17) is 5.11 Å². The number of halogens is 2. The van der Waals surface area contributed by atoms with Gasteiger partial charge in [0.15, 0.2) is 0 Å². The van der Waals surface area contributed by atoms with E-state index in [0.717, 1.165) is 27.3 Å². The van der Waals surface area contributed by atoms with Gasteiger partial charge in [-0.2, -0.15) is 0 Å². The van der Waals surface area contributed by atoms with Crippen molar-refractivity contribution in [3.8, 4) is 0 Å². The van der Waals surface area contributed by atoms with Gasteiger partial charge < -0.3 is 10.1 Å². The molecule has 15 heavy (non-hydrogen) atoms. The van der Waals surface area contributed by atoms with Crippen LogP contribution in [-0.4, -0.2) is 16.7 Å². The Hall–Kier alpha value is -0.320. The molecule has 0 aliphatic carbocycles. The third-order valence-electron chi connectivity index (χ3n) is 2.40. The topological polar surface area (TPSA) is 36.0 Å². The van der Waals surface area contributed by atoms with Crippen molar-refractivity contribution in [3.05, 3.63) is 32.8 Å². The van der Waals surface area contributed by atoms with Crippen molar-refractivity contribution in [2.75, 3.05) is 6.61 Å². The number of rotatable bonds is 3. The molecule has 1 aromatic carbocycles. The maximum absolute atomic E-state index is 8.82. The van der Waals surface area contributed by atoms with Gasteiger partial charge in [-0.05, 0) is 46.5 Å². The second kappa shape index (κ2) is 4.68. The van der Waals surface area contributed by atoms with Crippen LogP contribution in [-0.2, 0) is 6.42 Å². The molecule has 1 aromatic heterocycles. The van der Waals surface area contributed by atoms with Crippen LogP contribution in [0, 0.1) is 0 Å². The molecular weight excluding hydrogens is 322 g/mol. The summed E-state index contributed by atoms with van der Waals surface area (Å²) in [6, 6.07) is 4.12. The maximum Gasteiger partial charge on any atom is 0.0601 e. The monoisotopic (exact) mass is 331 g/mol. The van der Waals surface area contributed by atoms with Gasteiger partial charge in [0, 0.05) is 27.1 Å². The molecule has 80 valence electrons. The molecule has 0 spiro atoms. The van der Waals surface area contributed by atoms with Crippen LogP contribution in [0.3, 0.4) is 0 Å². The number of H-pyrrole nitrogens is 1. The first kappa shape index (κ1) is 11.2. The number of hydrogen-bond acceptors (Lipinski definition) is 1. The Morgan fingerprint density at radius 3 is 2.80 bits per heavy atom. The fraction of sp³-hybridized carbons (Fsp3) is 0.273. The van der Waals surface area contributed by atoms with E-state index >= 15 is 0 Å². The number of aliphatic hydroxyl groups is 1. The smallest absolute Gasteiger partial charge is 0.0601 e. The molecule has 0 fully saturated rings. The standard InChI is InChI=1S/C11H11Br2NO/c12-8-4-9-7(2-1-3-15)6-14-11(9)10(13)5-8/h4-6,14-15H,1-3H2. The van der Waals surface area contributed by atoms with Gasteiger partial charge >= 0.3 is 0 Å². The minimum absolute atomic E-state index is 0.238. The number of aromatic nitrogens is 1. The first-order valence-corrected chi connectivity index (χ1v) is 6.37. The van der Waals surface area contributed by atoms with E-state index in [1.165, 1.54) is 10.9 Å². The summed E-state index contributed by atoms with van der Waals surface area (Å²) in [6.07, 6.45) is 3.72. The van der Waals surface area contributed by atoms with Crippen LogP contribution in [0.15, 0.2) is 27.3 Å². The number of aliphatic hydroxyl groups excluding tert-OH is 1. The molecule has 0 saturated carbocycles. The fourth-order valence-corrected chi connectivity index (χ4v) is 3.03. The van der Waals surface area contributed by atoms with Gasteiger partial charge in [0.05, 0.1) is 5.52 Å². The Labute approximate surface area is 105 Å². The van der Waals surface area contributed by atoms with E-state index < -0.39 is 0 Å². The van der Waals surface area contributed by atoms with Gasteiger partial charge in [0.1, 0.15) is 0 Å². The zero-order valence-corrected chi connectivity index (χ0v) is 11.2. The molecule has 0 radical (unpaired) electrons. The summed E-state index contributed by atoms with van der Waals surface area (Å²) in [5, 5.41) is 10.0. The van der Waals surface area contributed by atoms with Gasteiger partial charge in [0.2, 0.25) is 0 Å². The molecule has 4 heteroatoms. The first-order chi connectivity index (χ1) is 7.22. The fourth-order valence-electron chi connectivity index (χ4n) is 1.69. The number of hydrogen-bond donors (Lipinski definition) is 2. The highest BCUT2D eigenvalue weighted by molar-refractivity contribution is 9.11. The van der Waals surface area contributed by atoms with E-state index in [9.17, 15) is 0 Å². The van der Waals surface area contributed by atoms with E-state index in [2.05, 4.69) is 42.9 Å². The highest BCUT2D eigenvalue weighted by atomic mass is 79.9. The quantitative estimate of drug-likeness (QED) is 0.884. The molecule has 1 heterocycles. The first-order valence-electron chi connectivity index (χ1n) is 4.78. The molecule has 0 unspecified atom stereocenters. The average Bonchev–Trinajstić information content (AvgIpc) is 2.58. The molecule has 2 nitrogen and oxygen atoms in total. The van der Waals surface area contributed by atoms with E-state index in [1.807, 2.05) is 12.3 Å². The normalized spacial score (nSPS) is 11.1. The van der Waals surface area contributed by atoms with Crippen LogP contribution >= 0.6 is 31.9 Å². The molecule has 0 aliphatic heterocycles. The Morgan fingerprint density at radius 1 is 1.27 bits per heavy atom. The molecule has 0 bridgehead atoms. The zero-order chi connectivity index (χ0) is 10.8. The summed E-state index contributed by atoms with van der Waals surface area (Å²) in [5.41, 5.74) is 2.37. The van der Waals surface area contributed by atoms with Gasteiger partial charge in [-0.15, -0.1) is 0 Å². The molecule has 0 atom stereocenters. The van der Waals surface area contributed by atoms with Gasteiger partial charge in [-0.25, -0.2) is 0 Å². The largest absolute Gasteiger partial charge is 0.396 e. The van der Waals surface area contributed by atoms with Crippen molar-refractivity contribution in [2.24, 2.45) is 0 Å². The lowest BCUT2D eigenvalue weighted by Gasteiger charge is -1.99. The number of aryl methyl sites for hydroxylation is 1. The number of aromatic amines is 1. The zero-order valence-electron chi connectivity index (χ0n) is 8.06.